The van der Waals surface area contributed by atoms with Crippen LogP contribution in [0.25, 0.3) is 11.0 Å². The molecule has 1 aliphatic heterocycles. The molecular formula is C14H15N5S. The maximum absolute atomic E-state index is 4.50. The second-order valence-electron chi connectivity index (χ2n) is 5.10. The number of thiophene rings is 1. The zero-order valence-electron chi connectivity index (χ0n) is 11.0. The van der Waals surface area contributed by atoms with E-state index in [0.717, 1.165) is 29.8 Å². The van der Waals surface area contributed by atoms with Crippen LogP contribution in [-0.2, 0) is 6.42 Å². The van der Waals surface area contributed by atoms with E-state index in [9.17, 15) is 0 Å². The molecule has 1 fully saturated rings. The summed E-state index contributed by atoms with van der Waals surface area (Å²) < 4.78 is 0. The molecule has 1 saturated heterocycles. The molecular weight excluding hydrogens is 270 g/mol. The average Bonchev–Trinajstić information content (AvgIpc) is 3.19. The molecule has 4 heterocycles. The minimum Gasteiger partial charge on any atom is -0.353 e. The Hall–Kier alpha value is -1.95. The van der Waals surface area contributed by atoms with Gasteiger partial charge in [-0.3, -0.25) is 5.10 Å². The molecule has 0 spiro atoms. The molecule has 0 radical (unpaired) electrons. The molecule has 3 aromatic rings. The monoisotopic (exact) mass is 285 g/mol. The molecule has 1 atom stereocenters. The normalized spacial score (nSPS) is 19.0. The Kier molecular flexibility index (Phi) is 2.88. The first-order valence-electron chi connectivity index (χ1n) is 6.85. The minimum absolute atomic E-state index is 0.529. The number of fused-ring (bicyclic) bond motifs is 1. The molecule has 0 bridgehead atoms. The largest absolute Gasteiger partial charge is 0.353 e. The Labute approximate surface area is 120 Å². The molecule has 102 valence electrons. The van der Waals surface area contributed by atoms with Crippen molar-refractivity contribution in [2.24, 2.45) is 0 Å². The van der Waals surface area contributed by atoms with Gasteiger partial charge >= 0.3 is 0 Å². The van der Waals surface area contributed by atoms with E-state index in [2.05, 4.69) is 42.6 Å². The smallest absolute Gasteiger partial charge is 0.160 e. The van der Waals surface area contributed by atoms with Crippen LogP contribution in [0.15, 0.2) is 30.0 Å². The highest BCUT2D eigenvalue weighted by atomic mass is 32.1. The Bertz CT molecular complexity index is 705. The molecule has 0 amide bonds. The summed E-state index contributed by atoms with van der Waals surface area (Å²) in [6, 6.07) is 4.87. The van der Waals surface area contributed by atoms with Crippen molar-refractivity contribution in [3.8, 4) is 0 Å². The predicted octanol–water partition coefficient (Wildman–Crippen LogP) is 2.63. The number of aromatic nitrogens is 4. The molecule has 4 rings (SSSR count). The van der Waals surface area contributed by atoms with Gasteiger partial charge in [0.15, 0.2) is 5.65 Å². The van der Waals surface area contributed by atoms with E-state index in [1.54, 1.807) is 6.33 Å². The first-order valence-corrected chi connectivity index (χ1v) is 7.73. The number of hydrogen-bond donors (Lipinski definition) is 1. The van der Waals surface area contributed by atoms with E-state index in [-0.39, 0.29) is 0 Å². The van der Waals surface area contributed by atoms with Crippen LogP contribution in [0.5, 0.6) is 0 Å². The standard InChI is InChI=1S/C14H15N5S/c1-3-10(7-11-4-2-6-20-11)19(5-1)14-12-8-17-18-13(12)15-9-16-14/h2,4,6,8-10H,1,3,5,7H2,(H,15,16,17,18)/t10-/m0/s1. The fourth-order valence-corrected chi connectivity index (χ4v) is 3.75. The van der Waals surface area contributed by atoms with Crippen LogP contribution in [0.3, 0.4) is 0 Å². The van der Waals surface area contributed by atoms with Crippen LogP contribution in [0, 0.1) is 0 Å². The average molecular weight is 285 g/mol. The van der Waals surface area contributed by atoms with Gasteiger partial charge in [0.05, 0.1) is 11.6 Å². The number of nitrogens with one attached hydrogen (secondary N) is 1. The second kappa shape index (κ2) is 4.86. The van der Waals surface area contributed by atoms with Crippen molar-refractivity contribution < 1.29 is 0 Å². The van der Waals surface area contributed by atoms with Crippen LogP contribution in [0.1, 0.15) is 17.7 Å². The number of rotatable bonds is 3. The molecule has 0 aliphatic carbocycles. The highest BCUT2D eigenvalue weighted by Crippen LogP contribution is 2.30. The van der Waals surface area contributed by atoms with Crippen LogP contribution in [-0.4, -0.2) is 32.8 Å². The van der Waals surface area contributed by atoms with Gasteiger partial charge < -0.3 is 4.90 Å². The summed E-state index contributed by atoms with van der Waals surface area (Å²) in [4.78, 5) is 12.6. The summed E-state index contributed by atoms with van der Waals surface area (Å²) in [7, 11) is 0. The Morgan fingerprint density at radius 2 is 2.40 bits per heavy atom. The van der Waals surface area contributed by atoms with Crippen LogP contribution >= 0.6 is 11.3 Å². The third kappa shape index (κ3) is 1.96. The lowest BCUT2D eigenvalue weighted by Crippen LogP contribution is -2.31. The predicted molar refractivity (Wildman–Crippen MR) is 80.1 cm³/mol. The van der Waals surface area contributed by atoms with E-state index in [4.69, 9.17) is 0 Å². The van der Waals surface area contributed by atoms with Gasteiger partial charge in [0.2, 0.25) is 0 Å². The summed E-state index contributed by atoms with van der Waals surface area (Å²) in [5, 5.41) is 10.2. The molecule has 0 aromatic carbocycles. The van der Waals surface area contributed by atoms with E-state index in [0.29, 0.717) is 6.04 Å². The molecule has 0 unspecified atom stereocenters. The molecule has 1 N–H and O–H groups in total. The number of H-pyrrole nitrogens is 1. The highest BCUT2D eigenvalue weighted by Gasteiger charge is 2.27. The molecule has 5 nitrogen and oxygen atoms in total. The SMILES string of the molecule is c1csc(C[C@@H]2CCCN2c2ncnc3[nH]ncc23)c1. The van der Waals surface area contributed by atoms with Gasteiger partial charge in [0.1, 0.15) is 12.1 Å². The lowest BCUT2D eigenvalue weighted by Gasteiger charge is -2.25. The van der Waals surface area contributed by atoms with Crippen molar-refractivity contribution in [2.45, 2.75) is 25.3 Å². The molecule has 1 aliphatic rings. The van der Waals surface area contributed by atoms with Crippen molar-refractivity contribution in [2.75, 3.05) is 11.4 Å². The summed E-state index contributed by atoms with van der Waals surface area (Å²) in [6.07, 6.45) is 6.99. The van der Waals surface area contributed by atoms with Gasteiger partial charge in [-0.05, 0) is 24.3 Å². The molecule has 6 heteroatoms. The van der Waals surface area contributed by atoms with E-state index in [1.165, 1.54) is 17.7 Å². The van der Waals surface area contributed by atoms with E-state index in [1.807, 2.05) is 17.5 Å². The first kappa shape index (κ1) is 11.8. The molecule has 3 aromatic heterocycles. The number of anilines is 1. The van der Waals surface area contributed by atoms with Crippen molar-refractivity contribution in [1.82, 2.24) is 20.2 Å². The van der Waals surface area contributed by atoms with Gasteiger partial charge in [-0.25, -0.2) is 9.97 Å². The Morgan fingerprint density at radius 1 is 1.40 bits per heavy atom. The van der Waals surface area contributed by atoms with Gasteiger partial charge in [-0.15, -0.1) is 11.3 Å². The van der Waals surface area contributed by atoms with Crippen LogP contribution in [0.2, 0.25) is 0 Å². The molecule has 20 heavy (non-hydrogen) atoms. The fraction of sp³-hybridized carbons (Fsp3) is 0.357. The van der Waals surface area contributed by atoms with Crippen molar-refractivity contribution in [3.63, 3.8) is 0 Å². The van der Waals surface area contributed by atoms with Crippen molar-refractivity contribution in [3.05, 3.63) is 34.9 Å². The number of aromatic amines is 1. The van der Waals surface area contributed by atoms with Gasteiger partial charge in [0.25, 0.3) is 0 Å². The van der Waals surface area contributed by atoms with Crippen LogP contribution < -0.4 is 4.90 Å². The van der Waals surface area contributed by atoms with Gasteiger partial charge in [0, 0.05) is 23.9 Å². The summed E-state index contributed by atoms with van der Waals surface area (Å²) in [5.74, 6) is 1.02. The zero-order chi connectivity index (χ0) is 13.4. The highest BCUT2D eigenvalue weighted by molar-refractivity contribution is 7.09. The van der Waals surface area contributed by atoms with Crippen LogP contribution in [0.4, 0.5) is 5.82 Å². The molecule has 0 saturated carbocycles. The van der Waals surface area contributed by atoms with E-state index < -0.39 is 0 Å². The first-order chi connectivity index (χ1) is 9.92. The topological polar surface area (TPSA) is 57.7 Å². The maximum atomic E-state index is 4.50. The summed E-state index contributed by atoms with van der Waals surface area (Å²) in [6.45, 7) is 1.06. The number of hydrogen-bond acceptors (Lipinski definition) is 5. The summed E-state index contributed by atoms with van der Waals surface area (Å²) in [5.41, 5.74) is 0.816. The Morgan fingerprint density at radius 3 is 3.30 bits per heavy atom. The second-order valence-corrected chi connectivity index (χ2v) is 6.13. The zero-order valence-corrected chi connectivity index (χ0v) is 11.8. The lowest BCUT2D eigenvalue weighted by atomic mass is 10.1. The Balaban J connectivity index is 1.68. The summed E-state index contributed by atoms with van der Waals surface area (Å²) >= 11 is 1.83. The lowest BCUT2D eigenvalue weighted by molar-refractivity contribution is 0.665. The quantitative estimate of drug-likeness (QED) is 0.803. The number of nitrogens with zero attached hydrogens (tertiary/aromatic N) is 4. The van der Waals surface area contributed by atoms with Gasteiger partial charge in [-0.1, -0.05) is 6.07 Å². The van der Waals surface area contributed by atoms with Crippen molar-refractivity contribution >= 4 is 28.2 Å². The van der Waals surface area contributed by atoms with Gasteiger partial charge in [-0.2, -0.15) is 5.10 Å². The van der Waals surface area contributed by atoms with Crippen molar-refractivity contribution in [1.29, 1.82) is 0 Å². The fourth-order valence-electron chi connectivity index (χ4n) is 2.97. The van der Waals surface area contributed by atoms with E-state index >= 15 is 0 Å². The maximum Gasteiger partial charge on any atom is 0.160 e. The third-order valence-electron chi connectivity index (χ3n) is 3.89. The third-order valence-corrected chi connectivity index (χ3v) is 4.79. The minimum atomic E-state index is 0.529.